The minimum atomic E-state index is 0.0282. The summed E-state index contributed by atoms with van der Waals surface area (Å²) in [7, 11) is 0. The Morgan fingerprint density at radius 3 is 2.68 bits per heavy atom. The maximum absolute atomic E-state index is 11.9. The van der Waals surface area contributed by atoms with Gasteiger partial charge in [-0.3, -0.25) is 4.79 Å². The normalized spacial score (nSPS) is 19.5. The van der Waals surface area contributed by atoms with Crippen LogP contribution >= 0.6 is 0 Å². The number of morpholine rings is 1. The highest BCUT2D eigenvalue weighted by atomic mass is 16.5. The molecule has 1 aliphatic rings. The first kappa shape index (κ1) is 14.1. The second-order valence-corrected chi connectivity index (χ2v) is 5.04. The molecule has 0 saturated carbocycles. The van der Waals surface area contributed by atoms with Crippen LogP contribution in [0.3, 0.4) is 0 Å². The number of carbonyl (C=O) groups is 1. The lowest BCUT2D eigenvalue weighted by atomic mass is 10.0. The van der Waals surface area contributed by atoms with Gasteiger partial charge in [-0.2, -0.15) is 0 Å². The van der Waals surface area contributed by atoms with Crippen LogP contribution in [0.25, 0.3) is 0 Å². The molecule has 1 unspecified atom stereocenters. The van der Waals surface area contributed by atoms with E-state index in [9.17, 15) is 4.79 Å². The molecule has 1 aromatic carbocycles. The van der Waals surface area contributed by atoms with Gasteiger partial charge in [0.25, 0.3) is 0 Å². The zero-order chi connectivity index (χ0) is 13.7. The lowest BCUT2D eigenvalue weighted by molar-refractivity contribution is -0.139. The van der Waals surface area contributed by atoms with Crippen LogP contribution in [-0.4, -0.2) is 30.5 Å². The second kappa shape index (κ2) is 6.71. The van der Waals surface area contributed by atoms with Crippen LogP contribution in [0, 0.1) is 0 Å². The number of amides is 1. The zero-order valence-electron chi connectivity index (χ0n) is 11.9. The number of rotatable bonds is 4. The second-order valence-electron chi connectivity index (χ2n) is 5.04. The molecule has 2 rings (SSSR count). The molecule has 19 heavy (non-hydrogen) atoms. The van der Waals surface area contributed by atoms with E-state index in [4.69, 9.17) is 4.74 Å². The van der Waals surface area contributed by atoms with Crippen LogP contribution in [0.4, 0.5) is 0 Å². The van der Waals surface area contributed by atoms with Crippen LogP contribution < -0.4 is 0 Å². The van der Waals surface area contributed by atoms with E-state index >= 15 is 0 Å². The maximum Gasteiger partial charge on any atom is 0.222 e. The van der Waals surface area contributed by atoms with Crippen molar-refractivity contribution in [2.24, 2.45) is 0 Å². The minimum Gasteiger partial charge on any atom is -0.370 e. The molecule has 1 fully saturated rings. The third kappa shape index (κ3) is 3.57. The van der Waals surface area contributed by atoms with E-state index in [1.54, 1.807) is 0 Å². The van der Waals surface area contributed by atoms with Gasteiger partial charge in [0.1, 0.15) is 6.10 Å². The first-order valence-electron chi connectivity index (χ1n) is 7.22. The maximum atomic E-state index is 11.9. The van der Waals surface area contributed by atoms with Crippen molar-refractivity contribution in [3.63, 3.8) is 0 Å². The lowest BCUT2D eigenvalue weighted by Gasteiger charge is -2.33. The van der Waals surface area contributed by atoms with Gasteiger partial charge in [-0.25, -0.2) is 0 Å². The minimum absolute atomic E-state index is 0.0282. The first-order valence-corrected chi connectivity index (χ1v) is 7.22. The molecule has 0 bridgehead atoms. The smallest absolute Gasteiger partial charge is 0.222 e. The van der Waals surface area contributed by atoms with Gasteiger partial charge in [-0.1, -0.05) is 38.1 Å². The summed E-state index contributed by atoms with van der Waals surface area (Å²) in [5, 5.41) is 0. The average Bonchev–Trinajstić information content (AvgIpc) is 2.48. The van der Waals surface area contributed by atoms with Gasteiger partial charge in [0.05, 0.1) is 13.2 Å². The monoisotopic (exact) mass is 261 g/mol. The molecule has 0 aromatic heterocycles. The Labute approximate surface area is 115 Å². The molecule has 1 atom stereocenters. The Morgan fingerprint density at radius 2 is 2.05 bits per heavy atom. The lowest BCUT2D eigenvalue weighted by Crippen LogP contribution is -2.42. The standard InChI is InChI=1S/C16H23NO2/c1-3-5-16(18)17-10-11-19-15(12-17)14-8-6-13(4-2)7-9-14/h6-9,15H,3-5,10-12H2,1-2H3. The van der Waals surface area contributed by atoms with Crippen molar-refractivity contribution in [1.29, 1.82) is 0 Å². The summed E-state index contributed by atoms with van der Waals surface area (Å²) in [4.78, 5) is 13.9. The van der Waals surface area contributed by atoms with Crippen molar-refractivity contribution in [2.45, 2.75) is 39.2 Å². The van der Waals surface area contributed by atoms with Gasteiger partial charge >= 0.3 is 0 Å². The van der Waals surface area contributed by atoms with Gasteiger partial charge in [-0.15, -0.1) is 0 Å². The van der Waals surface area contributed by atoms with Gasteiger partial charge in [0.15, 0.2) is 0 Å². The quantitative estimate of drug-likeness (QED) is 0.834. The summed E-state index contributed by atoms with van der Waals surface area (Å²) < 4.78 is 5.80. The molecule has 104 valence electrons. The topological polar surface area (TPSA) is 29.5 Å². The highest BCUT2D eigenvalue weighted by Crippen LogP contribution is 2.23. The van der Waals surface area contributed by atoms with Gasteiger partial charge in [0, 0.05) is 13.0 Å². The Kier molecular flexibility index (Phi) is 4.97. The molecule has 0 radical (unpaired) electrons. The van der Waals surface area contributed by atoms with Crippen molar-refractivity contribution in [1.82, 2.24) is 4.90 Å². The van der Waals surface area contributed by atoms with Crippen LogP contribution in [-0.2, 0) is 16.0 Å². The predicted octanol–water partition coefficient (Wildman–Crippen LogP) is 2.95. The van der Waals surface area contributed by atoms with E-state index in [1.807, 2.05) is 11.8 Å². The predicted molar refractivity (Wildman–Crippen MR) is 76.0 cm³/mol. The molecule has 1 heterocycles. The molecule has 1 aliphatic heterocycles. The van der Waals surface area contributed by atoms with Crippen LogP contribution in [0.1, 0.15) is 43.9 Å². The van der Waals surface area contributed by atoms with Crippen molar-refractivity contribution in [3.05, 3.63) is 35.4 Å². The molecule has 0 N–H and O–H groups in total. The highest BCUT2D eigenvalue weighted by Gasteiger charge is 2.24. The van der Waals surface area contributed by atoms with Crippen molar-refractivity contribution in [3.8, 4) is 0 Å². The zero-order valence-corrected chi connectivity index (χ0v) is 11.9. The SMILES string of the molecule is CCCC(=O)N1CCOC(c2ccc(CC)cc2)C1. The summed E-state index contributed by atoms with van der Waals surface area (Å²) in [6.07, 6.45) is 2.63. The van der Waals surface area contributed by atoms with Gasteiger partial charge in [0.2, 0.25) is 5.91 Å². The number of aryl methyl sites for hydroxylation is 1. The third-order valence-electron chi connectivity index (χ3n) is 3.64. The van der Waals surface area contributed by atoms with E-state index in [2.05, 4.69) is 31.2 Å². The van der Waals surface area contributed by atoms with E-state index in [-0.39, 0.29) is 12.0 Å². The summed E-state index contributed by atoms with van der Waals surface area (Å²) in [6, 6.07) is 8.53. The van der Waals surface area contributed by atoms with E-state index < -0.39 is 0 Å². The van der Waals surface area contributed by atoms with E-state index in [0.29, 0.717) is 19.6 Å². The number of benzene rings is 1. The molecule has 3 heteroatoms. The number of hydrogen-bond acceptors (Lipinski definition) is 2. The Morgan fingerprint density at radius 1 is 1.32 bits per heavy atom. The van der Waals surface area contributed by atoms with Gasteiger partial charge < -0.3 is 9.64 Å². The highest BCUT2D eigenvalue weighted by molar-refractivity contribution is 5.76. The molecular formula is C16H23NO2. The van der Waals surface area contributed by atoms with Crippen molar-refractivity contribution < 1.29 is 9.53 Å². The van der Waals surface area contributed by atoms with Crippen molar-refractivity contribution >= 4 is 5.91 Å². The van der Waals surface area contributed by atoms with Crippen molar-refractivity contribution in [2.75, 3.05) is 19.7 Å². The van der Waals surface area contributed by atoms with Crippen LogP contribution in [0.2, 0.25) is 0 Å². The molecule has 3 nitrogen and oxygen atoms in total. The van der Waals surface area contributed by atoms with Crippen LogP contribution in [0.5, 0.6) is 0 Å². The largest absolute Gasteiger partial charge is 0.370 e. The summed E-state index contributed by atoms with van der Waals surface area (Å²) in [5.74, 6) is 0.251. The van der Waals surface area contributed by atoms with Crippen LogP contribution in [0.15, 0.2) is 24.3 Å². The molecule has 1 amide bonds. The summed E-state index contributed by atoms with van der Waals surface area (Å²) in [5.41, 5.74) is 2.50. The Balaban J connectivity index is 2.01. The van der Waals surface area contributed by atoms with Gasteiger partial charge in [-0.05, 0) is 24.0 Å². The number of ether oxygens (including phenoxy) is 1. The number of nitrogens with zero attached hydrogens (tertiary/aromatic N) is 1. The molecule has 0 spiro atoms. The number of carbonyl (C=O) groups excluding carboxylic acids is 1. The summed E-state index contributed by atoms with van der Waals surface area (Å²) in [6.45, 7) is 6.24. The number of hydrogen-bond donors (Lipinski definition) is 0. The fourth-order valence-electron chi connectivity index (χ4n) is 2.42. The molecule has 0 aliphatic carbocycles. The molecule has 1 saturated heterocycles. The Hall–Kier alpha value is -1.35. The van der Waals surface area contributed by atoms with E-state index in [1.165, 1.54) is 11.1 Å². The fraction of sp³-hybridized carbons (Fsp3) is 0.562. The van der Waals surface area contributed by atoms with E-state index in [0.717, 1.165) is 19.4 Å². The molecular weight excluding hydrogens is 238 g/mol. The Bertz CT molecular complexity index is 413. The molecule has 1 aromatic rings. The third-order valence-corrected chi connectivity index (χ3v) is 3.64. The first-order chi connectivity index (χ1) is 9.24. The fourth-order valence-corrected chi connectivity index (χ4v) is 2.42. The average molecular weight is 261 g/mol. The summed E-state index contributed by atoms with van der Waals surface area (Å²) >= 11 is 0.